The number of hydrogen-bond donors (Lipinski definition) is 0. The Hall–Kier alpha value is -1.77. The van der Waals surface area contributed by atoms with Crippen LogP contribution in [0.4, 0.5) is 0 Å². The molecule has 2 rings (SSSR count). The van der Waals surface area contributed by atoms with Crippen LogP contribution in [0.15, 0.2) is 12.1 Å². The van der Waals surface area contributed by atoms with Gasteiger partial charge in [-0.2, -0.15) is 0 Å². The molecule has 0 aromatic heterocycles. The average Bonchev–Trinajstić information content (AvgIpc) is 2.69. The summed E-state index contributed by atoms with van der Waals surface area (Å²) in [5, 5.41) is 0. The molecule has 0 fully saturated rings. The second-order valence-electron chi connectivity index (χ2n) is 8.59. The fraction of sp³-hybridized carbons (Fsp3) is 0.667. The van der Waals surface area contributed by atoms with E-state index < -0.39 is 0 Å². The molecule has 0 amide bonds. The van der Waals surface area contributed by atoms with Crippen LogP contribution in [0, 0.1) is 24.7 Å². The Bertz CT molecular complexity index is 732. The Kier molecular flexibility index (Phi) is 11.2. The molecule has 0 bridgehead atoms. The van der Waals surface area contributed by atoms with Gasteiger partial charge in [-0.05, 0) is 68.1 Å². The molecule has 1 aromatic rings. The third kappa shape index (κ3) is 6.62. The highest BCUT2D eigenvalue weighted by atomic mass is 16.1. The smallest absolute Gasteiger partial charge is 0.163 e. The van der Waals surface area contributed by atoms with Crippen LogP contribution in [0.25, 0.3) is 0 Å². The SMILES string of the molecule is CC.CCCC(CC1CC(=O)c2c(C)ccc(CC)c2C1)C(CC)C(=O)CC(C)=O. The summed E-state index contributed by atoms with van der Waals surface area (Å²) in [6.07, 6.45) is 6.17. The van der Waals surface area contributed by atoms with E-state index in [2.05, 4.69) is 26.0 Å². The molecule has 1 aliphatic rings. The van der Waals surface area contributed by atoms with Gasteiger partial charge in [-0.3, -0.25) is 14.4 Å². The van der Waals surface area contributed by atoms with Crippen LogP contribution in [-0.4, -0.2) is 17.3 Å². The van der Waals surface area contributed by atoms with Crippen molar-refractivity contribution in [3.05, 3.63) is 34.4 Å². The molecule has 0 saturated carbocycles. The minimum absolute atomic E-state index is 0.0460. The molecule has 0 N–H and O–H groups in total. The molecule has 3 unspecified atom stereocenters. The highest BCUT2D eigenvalue weighted by molar-refractivity contribution is 6.00. The number of carbonyl (C=O) groups is 3. The Balaban J connectivity index is 0.00000218. The van der Waals surface area contributed by atoms with E-state index in [-0.39, 0.29) is 35.6 Å². The summed E-state index contributed by atoms with van der Waals surface area (Å²) in [4.78, 5) is 37.1. The van der Waals surface area contributed by atoms with Crippen LogP contribution in [0.3, 0.4) is 0 Å². The van der Waals surface area contributed by atoms with Crippen molar-refractivity contribution >= 4 is 17.3 Å². The molecular formula is C27H42O3. The van der Waals surface area contributed by atoms with Crippen molar-refractivity contribution in [1.82, 2.24) is 0 Å². The highest BCUT2D eigenvalue weighted by Crippen LogP contribution is 2.37. The van der Waals surface area contributed by atoms with Crippen LogP contribution in [0.2, 0.25) is 0 Å². The number of hydrogen-bond acceptors (Lipinski definition) is 3. The van der Waals surface area contributed by atoms with E-state index in [4.69, 9.17) is 0 Å². The van der Waals surface area contributed by atoms with E-state index >= 15 is 0 Å². The first-order valence-electron chi connectivity index (χ1n) is 12.0. The van der Waals surface area contributed by atoms with Gasteiger partial charge in [0, 0.05) is 17.9 Å². The van der Waals surface area contributed by atoms with Crippen molar-refractivity contribution in [1.29, 1.82) is 0 Å². The Labute approximate surface area is 184 Å². The lowest BCUT2D eigenvalue weighted by Gasteiger charge is -2.32. The Morgan fingerprint density at radius 3 is 2.30 bits per heavy atom. The fourth-order valence-corrected chi connectivity index (χ4v) is 5.14. The van der Waals surface area contributed by atoms with Crippen LogP contribution < -0.4 is 0 Å². The molecule has 0 heterocycles. The van der Waals surface area contributed by atoms with Gasteiger partial charge in [0.25, 0.3) is 0 Å². The zero-order valence-corrected chi connectivity index (χ0v) is 20.3. The summed E-state index contributed by atoms with van der Waals surface area (Å²) in [5.74, 6) is 0.782. The summed E-state index contributed by atoms with van der Waals surface area (Å²) in [6, 6.07) is 4.24. The summed E-state index contributed by atoms with van der Waals surface area (Å²) in [5.41, 5.74) is 4.55. The molecule has 0 aliphatic heterocycles. The van der Waals surface area contributed by atoms with Crippen molar-refractivity contribution in [3.63, 3.8) is 0 Å². The van der Waals surface area contributed by atoms with Crippen molar-refractivity contribution in [2.24, 2.45) is 17.8 Å². The number of ketones is 3. The van der Waals surface area contributed by atoms with Crippen molar-refractivity contribution in [2.45, 2.75) is 99.8 Å². The molecule has 1 aromatic carbocycles. The van der Waals surface area contributed by atoms with Gasteiger partial charge >= 0.3 is 0 Å². The second-order valence-corrected chi connectivity index (χ2v) is 8.59. The number of benzene rings is 1. The zero-order valence-electron chi connectivity index (χ0n) is 20.3. The predicted molar refractivity (Wildman–Crippen MR) is 125 cm³/mol. The number of fused-ring (bicyclic) bond motifs is 1. The molecule has 0 radical (unpaired) electrons. The fourth-order valence-electron chi connectivity index (χ4n) is 5.14. The summed E-state index contributed by atoms with van der Waals surface area (Å²) in [6.45, 7) is 13.9. The van der Waals surface area contributed by atoms with Gasteiger partial charge in [-0.15, -0.1) is 0 Å². The lowest BCUT2D eigenvalue weighted by Crippen LogP contribution is -2.30. The summed E-state index contributed by atoms with van der Waals surface area (Å²) >= 11 is 0. The molecule has 0 spiro atoms. The van der Waals surface area contributed by atoms with Crippen molar-refractivity contribution in [2.75, 3.05) is 0 Å². The van der Waals surface area contributed by atoms with E-state index in [1.165, 1.54) is 18.1 Å². The van der Waals surface area contributed by atoms with E-state index in [1.807, 2.05) is 27.7 Å². The van der Waals surface area contributed by atoms with Gasteiger partial charge in [0.15, 0.2) is 5.78 Å². The predicted octanol–water partition coefficient (Wildman–Crippen LogP) is 6.71. The number of Topliss-reactive ketones (excluding diaryl/α,β-unsaturated/α-hetero) is 3. The monoisotopic (exact) mass is 414 g/mol. The van der Waals surface area contributed by atoms with E-state index in [1.54, 1.807) is 0 Å². The second kappa shape index (κ2) is 12.8. The number of aryl methyl sites for hydroxylation is 2. The van der Waals surface area contributed by atoms with Crippen LogP contribution in [0.5, 0.6) is 0 Å². The third-order valence-corrected chi connectivity index (χ3v) is 6.39. The average molecular weight is 415 g/mol. The summed E-state index contributed by atoms with van der Waals surface area (Å²) < 4.78 is 0. The van der Waals surface area contributed by atoms with Crippen LogP contribution >= 0.6 is 0 Å². The summed E-state index contributed by atoms with van der Waals surface area (Å²) in [7, 11) is 0. The molecule has 168 valence electrons. The maximum atomic E-state index is 12.9. The molecule has 3 nitrogen and oxygen atoms in total. The number of rotatable bonds is 10. The quantitative estimate of drug-likeness (QED) is 0.400. The van der Waals surface area contributed by atoms with Gasteiger partial charge in [0.05, 0.1) is 6.42 Å². The maximum absolute atomic E-state index is 12.9. The largest absolute Gasteiger partial charge is 0.300 e. The molecule has 1 aliphatic carbocycles. The molecule has 3 atom stereocenters. The first kappa shape index (κ1) is 26.3. The number of carbonyl (C=O) groups excluding carboxylic acids is 3. The highest BCUT2D eigenvalue weighted by Gasteiger charge is 2.33. The first-order chi connectivity index (χ1) is 14.3. The van der Waals surface area contributed by atoms with Crippen molar-refractivity contribution in [3.8, 4) is 0 Å². The van der Waals surface area contributed by atoms with Crippen molar-refractivity contribution < 1.29 is 14.4 Å². The molecule has 30 heavy (non-hydrogen) atoms. The van der Waals surface area contributed by atoms with Gasteiger partial charge in [-0.1, -0.05) is 59.6 Å². The van der Waals surface area contributed by atoms with E-state index in [9.17, 15) is 14.4 Å². The molecule has 3 heteroatoms. The lowest BCUT2D eigenvalue weighted by molar-refractivity contribution is -0.129. The van der Waals surface area contributed by atoms with E-state index in [0.717, 1.165) is 49.7 Å². The van der Waals surface area contributed by atoms with Gasteiger partial charge in [0.1, 0.15) is 11.6 Å². The minimum atomic E-state index is -0.0662. The lowest BCUT2D eigenvalue weighted by atomic mass is 9.71. The van der Waals surface area contributed by atoms with Crippen LogP contribution in [0.1, 0.15) is 107 Å². The maximum Gasteiger partial charge on any atom is 0.163 e. The van der Waals surface area contributed by atoms with Gasteiger partial charge in [-0.25, -0.2) is 0 Å². The van der Waals surface area contributed by atoms with Gasteiger partial charge < -0.3 is 0 Å². The van der Waals surface area contributed by atoms with Crippen LogP contribution in [-0.2, 0) is 22.4 Å². The third-order valence-electron chi connectivity index (χ3n) is 6.39. The van der Waals surface area contributed by atoms with Gasteiger partial charge in [0.2, 0.25) is 0 Å². The molecule has 0 saturated heterocycles. The van der Waals surface area contributed by atoms with E-state index in [0.29, 0.717) is 12.3 Å². The Morgan fingerprint density at radius 2 is 1.77 bits per heavy atom. The normalized spacial score (nSPS) is 17.4. The standard InChI is InChI=1S/C25H36O3.C2H6/c1-6-9-20(21(8-3)23(27)12-17(5)26)13-18-14-22-19(7-2)11-10-16(4)25(22)24(28)15-18;1-2/h10-11,18,20-21H,6-9,12-15H2,1-5H3;1-2H3. The first-order valence-corrected chi connectivity index (χ1v) is 12.0. The topological polar surface area (TPSA) is 51.2 Å². The Morgan fingerprint density at radius 1 is 1.10 bits per heavy atom. The zero-order chi connectivity index (χ0) is 22.8. The minimum Gasteiger partial charge on any atom is -0.300 e. The molecular weight excluding hydrogens is 372 g/mol.